The number of pyridine rings is 1. The highest BCUT2D eigenvalue weighted by Gasteiger charge is 2.47. The molecule has 0 spiro atoms. The van der Waals surface area contributed by atoms with Crippen molar-refractivity contribution < 1.29 is 0 Å². The maximum Gasteiger partial charge on any atom is 0.195 e. The first-order valence-electron chi connectivity index (χ1n) is 6.67. The number of hydrogen-bond acceptors (Lipinski definition) is 2. The van der Waals surface area contributed by atoms with Gasteiger partial charge in [0.25, 0.3) is 0 Å². The monoisotopic (exact) mass is 254 g/mol. The summed E-state index contributed by atoms with van der Waals surface area (Å²) in [6.07, 6.45) is 2.21. The molecular formula is C16H20N3+. The summed E-state index contributed by atoms with van der Waals surface area (Å²) in [5.41, 5.74) is 3.93. The number of anilines is 1. The molecule has 1 aromatic heterocycles. The molecule has 0 saturated heterocycles. The molecule has 98 valence electrons. The fourth-order valence-electron chi connectivity index (χ4n) is 3.16. The molecule has 3 rings (SSSR count). The maximum absolute atomic E-state index is 4.55. The van der Waals surface area contributed by atoms with Crippen molar-refractivity contribution in [2.24, 2.45) is 0 Å². The Balaban J connectivity index is 2.27. The van der Waals surface area contributed by atoms with E-state index in [1.54, 1.807) is 0 Å². The minimum Gasteiger partial charge on any atom is -0.305 e. The summed E-state index contributed by atoms with van der Waals surface area (Å²) in [6, 6.07) is 12.8. The lowest BCUT2D eigenvalue weighted by Crippen LogP contribution is -2.50. The lowest BCUT2D eigenvalue weighted by atomic mass is 10.1. The molecule has 2 unspecified atom stereocenters. The number of fused-ring (bicyclic) bond motifs is 1. The van der Waals surface area contributed by atoms with Gasteiger partial charge in [-0.25, -0.2) is 9.47 Å². The van der Waals surface area contributed by atoms with Crippen molar-refractivity contribution in [1.82, 2.24) is 9.47 Å². The molecular weight excluding hydrogens is 234 g/mol. The van der Waals surface area contributed by atoms with E-state index in [0.29, 0.717) is 6.17 Å². The zero-order valence-corrected chi connectivity index (χ0v) is 12.0. The summed E-state index contributed by atoms with van der Waals surface area (Å²) in [5.74, 6) is 1.08. The number of nitrogens with zero attached hydrogens (tertiary/aromatic N) is 3. The molecule has 0 bridgehead atoms. The lowest BCUT2D eigenvalue weighted by molar-refractivity contribution is 0.380. The van der Waals surface area contributed by atoms with Crippen molar-refractivity contribution in [2.45, 2.75) is 20.0 Å². The summed E-state index contributed by atoms with van der Waals surface area (Å²) in [6.45, 7) is 4.44. The molecule has 0 amide bonds. The van der Waals surface area contributed by atoms with Crippen LogP contribution >= 0.6 is 0 Å². The number of aryl methyl sites for hydroxylation is 1. The van der Waals surface area contributed by atoms with Gasteiger partial charge >= 0.3 is 0 Å². The zero-order chi connectivity index (χ0) is 13.6. The fraction of sp³-hybridized carbons (Fsp3) is 0.312. The van der Waals surface area contributed by atoms with Gasteiger partial charge in [-0.15, -0.1) is 0 Å². The van der Waals surface area contributed by atoms with E-state index in [1.807, 2.05) is 12.3 Å². The standard InChI is InChI=1S/C16H20N3/c1-12-8-5-6-9-14(12)19(4)13(2)18(3)16-15(19)10-7-11-17-16/h5-11,13H,1-4H3/q+1. The predicted octanol–water partition coefficient (Wildman–Crippen LogP) is 3.45. The van der Waals surface area contributed by atoms with Crippen LogP contribution < -0.4 is 9.38 Å². The number of aromatic nitrogens is 1. The van der Waals surface area contributed by atoms with Gasteiger partial charge in [-0.1, -0.05) is 18.2 Å². The van der Waals surface area contributed by atoms with Crippen molar-refractivity contribution >= 4 is 17.2 Å². The first-order chi connectivity index (χ1) is 9.06. The van der Waals surface area contributed by atoms with Crippen LogP contribution in [-0.4, -0.2) is 25.2 Å². The van der Waals surface area contributed by atoms with E-state index in [9.17, 15) is 0 Å². The average Bonchev–Trinajstić information content (AvgIpc) is 2.63. The van der Waals surface area contributed by atoms with Crippen LogP contribution in [0.5, 0.6) is 0 Å². The van der Waals surface area contributed by atoms with Crippen molar-refractivity contribution in [3.05, 3.63) is 48.2 Å². The van der Waals surface area contributed by atoms with Gasteiger partial charge in [-0.2, -0.15) is 0 Å². The molecule has 3 nitrogen and oxygen atoms in total. The summed E-state index contributed by atoms with van der Waals surface area (Å²) in [5, 5.41) is 0. The Hall–Kier alpha value is -1.87. The summed E-state index contributed by atoms with van der Waals surface area (Å²) in [4.78, 5) is 6.82. The Morgan fingerprint density at radius 3 is 2.53 bits per heavy atom. The van der Waals surface area contributed by atoms with Gasteiger partial charge in [0.2, 0.25) is 0 Å². The van der Waals surface area contributed by atoms with E-state index in [2.05, 4.69) is 68.2 Å². The van der Waals surface area contributed by atoms with E-state index in [0.717, 1.165) is 10.3 Å². The SMILES string of the molecule is Cc1ccccc1[N+]1(C)c2cccnc2N(C)C1C. The number of para-hydroxylation sites is 1. The Labute approximate surface area is 114 Å². The summed E-state index contributed by atoms with van der Waals surface area (Å²) >= 11 is 0. The van der Waals surface area contributed by atoms with Gasteiger partial charge < -0.3 is 4.90 Å². The lowest BCUT2D eigenvalue weighted by Gasteiger charge is -2.35. The molecule has 0 fully saturated rings. The van der Waals surface area contributed by atoms with Gasteiger partial charge in [-0.3, -0.25) is 0 Å². The van der Waals surface area contributed by atoms with Crippen LogP contribution in [-0.2, 0) is 0 Å². The number of benzene rings is 1. The zero-order valence-electron chi connectivity index (χ0n) is 12.0. The molecule has 2 atom stereocenters. The van der Waals surface area contributed by atoms with Crippen LogP contribution in [0.3, 0.4) is 0 Å². The Bertz CT molecular complexity index is 623. The molecule has 2 aromatic rings. The number of rotatable bonds is 1. The normalized spacial score (nSPS) is 25.5. The minimum atomic E-state index is 0.339. The van der Waals surface area contributed by atoms with Crippen molar-refractivity contribution in [3.63, 3.8) is 0 Å². The molecule has 1 aliphatic rings. The smallest absolute Gasteiger partial charge is 0.195 e. The van der Waals surface area contributed by atoms with Gasteiger partial charge in [0.1, 0.15) is 5.69 Å². The van der Waals surface area contributed by atoms with Gasteiger partial charge in [-0.05, 0) is 19.1 Å². The summed E-state index contributed by atoms with van der Waals surface area (Å²) < 4.78 is 0.784. The van der Waals surface area contributed by atoms with Crippen LogP contribution in [0.4, 0.5) is 17.2 Å². The topological polar surface area (TPSA) is 16.1 Å². The van der Waals surface area contributed by atoms with Gasteiger partial charge in [0.05, 0.1) is 7.05 Å². The van der Waals surface area contributed by atoms with Crippen LogP contribution in [0.15, 0.2) is 42.6 Å². The highest BCUT2D eigenvalue weighted by Crippen LogP contribution is 2.48. The second kappa shape index (κ2) is 4.07. The molecule has 0 aliphatic carbocycles. The third-order valence-corrected chi connectivity index (χ3v) is 4.52. The van der Waals surface area contributed by atoms with E-state index in [4.69, 9.17) is 0 Å². The van der Waals surface area contributed by atoms with Crippen LogP contribution in [0.2, 0.25) is 0 Å². The highest BCUT2D eigenvalue weighted by molar-refractivity contribution is 5.77. The third-order valence-electron chi connectivity index (χ3n) is 4.52. The molecule has 0 saturated carbocycles. The maximum atomic E-state index is 4.55. The number of hydrogen-bond donors (Lipinski definition) is 0. The van der Waals surface area contributed by atoms with Crippen LogP contribution in [0.25, 0.3) is 0 Å². The molecule has 2 heterocycles. The quantitative estimate of drug-likeness (QED) is 0.725. The van der Waals surface area contributed by atoms with E-state index < -0.39 is 0 Å². The van der Waals surface area contributed by atoms with E-state index >= 15 is 0 Å². The average molecular weight is 254 g/mol. The Morgan fingerprint density at radius 2 is 1.79 bits per heavy atom. The van der Waals surface area contributed by atoms with E-state index in [1.165, 1.54) is 16.9 Å². The van der Waals surface area contributed by atoms with Gasteiger partial charge in [0, 0.05) is 31.8 Å². The first kappa shape index (κ1) is 12.2. The highest BCUT2D eigenvalue weighted by atomic mass is 15.5. The van der Waals surface area contributed by atoms with Crippen molar-refractivity contribution in [1.29, 1.82) is 0 Å². The Kier molecular flexibility index (Phi) is 2.61. The molecule has 0 radical (unpaired) electrons. The first-order valence-corrected chi connectivity index (χ1v) is 6.67. The predicted molar refractivity (Wildman–Crippen MR) is 80.7 cm³/mol. The molecule has 3 heteroatoms. The largest absolute Gasteiger partial charge is 0.305 e. The van der Waals surface area contributed by atoms with Crippen LogP contribution in [0, 0.1) is 6.92 Å². The molecule has 1 aliphatic heterocycles. The Morgan fingerprint density at radius 1 is 1.11 bits per heavy atom. The summed E-state index contributed by atoms with van der Waals surface area (Å²) in [7, 11) is 4.40. The fourth-order valence-corrected chi connectivity index (χ4v) is 3.16. The van der Waals surface area contributed by atoms with E-state index in [-0.39, 0.29) is 0 Å². The third kappa shape index (κ3) is 1.51. The molecule has 0 N–H and O–H groups in total. The van der Waals surface area contributed by atoms with Crippen molar-refractivity contribution in [3.8, 4) is 0 Å². The van der Waals surface area contributed by atoms with Crippen LogP contribution in [0.1, 0.15) is 12.5 Å². The van der Waals surface area contributed by atoms with Gasteiger partial charge in [0.15, 0.2) is 17.7 Å². The molecule has 1 aromatic carbocycles. The minimum absolute atomic E-state index is 0.339. The van der Waals surface area contributed by atoms with Crippen molar-refractivity contribution in [2.75, 3.05) is 19.0 Å². The number of quaternary nitrogens is 1. The second-order valence-corrected chi connectivity index (χ2v) is 5.45. The second-order valence-electron chi connectivity index (χ2n) is 5.45. The molecule has 19 heavy (non-hydrogen) atoms.